The summed E-state index contributed by atoms with van der Waals surface area (Å²) in [5.74, 6) is 1.92. The van der Waals surface area contributed by atoms with Gasteiger partial charge in [-0.15, -0.1) is 11.3 Å². The molecule has 7 heteroatoms. The molecule has 4 heterocycles. The van der Waals surface area contributed by atoms with Crippen molar-refractivity contribution in [2.24, 2.45) is 11.8 Å². The molecule has 2 fully saturated rings. The molecule has 1 amide bonds. The second-order valence-corrected chi connectivity index (χ2v) is 6.74. The van der Waals surface area contributed by atoms with Crippen LogP contribution in [0.5, 0.6) is 0 Å². The van der Waals surface area contributed by atoms with Gasteiger partial charge in [-0.2, -0.15) is 5.26 Å². The van der Waals surface area contributed by atoms with Gasteiger partial charge in [0.15, 0.2) is 0 Å². The highest BCUT2D eigenvalue weighted by molar-refractivity contribution is 7.07. The SMILES string of the molecule is N#Cc1ccc(N2CC3CN(C(=O)c4cscn4)CC3C2)nc1. The summed E-state index contributed by atoms with van der Waals surface area (Å²) in [5.41, 5.74) is 2.83. The standard InChI is InChI=1S/C16H15N5OS/c17-3-11-1-2-15(18-4-11)20-5-12-7-21(8-13(12)6-20)16(22)14-9-23-10-19-14/h1-2,4,9-10,12-13H,5-8H2. The highest BCUT2D eigenvalue weighted by Crippen LogP contribution is 2.33. The van der Waals surface area contributed by atoms with Crippen molar-refractivity contribution in [1.82, 2.24) is 14.9 Å². The lowest BCUT2D eigenvalue weighted by molar-refractivity contribution is 0.0777. The second-order valence-electron chi connectivity index (χ2n) is 6.03. The van der Waals surface area contributed by atoms with Crippen molar-refractivity contribution >= 4 is 23.1 Å². The molecular formula is C16H15N5OS. The molecule has 2 aliphatic rings. The first-order valence-electron chi connectivity index (χ1n) is 7.53. The van der Waals surface area contributed by atoms with E-state index >= 15 is 0 Å². The Morgan fingerprint density at radius 2 is 2.00 bits per heavy atom. The number of pyridine rings is 1. The van der Waals surface area contributed by atoms with E-state index in [2.05, 4.69) is 20.9 Å². The van der Waals surface area contributed by atoms with Crippen molar-refractivity contribution in [2.75, 3.05) is 31.1 Å². The molecule has 2 unspecified atom stereocenters. The molecule has 0 N–H and O–H groups in total. The van der Waals surface area contributed by atoms with Gasteiger partial charge in [0.1, 0.15) is 17.6 Å². The third-order valence-corrected chi connectivity index (χ3v) is 5.21. The van der Waals surface area contributed by atoms with Crippen molar-refractivity contribution in [3.05, 3.63) is 40.5 Å². The number of thiazole rings is 1. The molecule has 0 spiro atoms. The molecule has 0 radical (unpaired) electrons. The van der Waals surface area contributed by atoms with E-state index in [1.54, 1.807) is 17.8 Å². The molecule has 2 atom stereocenters. The minimum Gasteiger partial charge on any atom is -0.356 e. The Hall–Kier alpha value is -2.46. The van der Waals surface area contributed by atoms with Crippen molar-refractivity contribution < 1.29 is 4.79 Å². The van der Waals surface area contributed by atoms with Gasteiger partial charge in [-0.1, -0.05) is 0 Å². The van der Waals surface area contributed by atoms with Gasteiger partial charge < -0.3 is 9.80 Å². The maximum atomic E-state index is 12.4. The summed E-state index contributed by atoms with van der Waals surface area (Å²) >= 11 is 1.45. The van der Waals surface area contributed by atoms with E-state index in [0.29, 0.717) is 23.1 Å². The number of anilines is 1. The Morgan fingerprint density at radius 1 is 1.22 bits per heavy atom. The van der Waals surface area contributed by atoms with Crippen molar-refractivity contribution in [1.29, 1.82) is 5.26 Å². The molecule has 23 heavy (non-hydrogen) atoms. The smallest absolute Gasteiger partial charge is 0.273 e. The van der Waals surface area contributed by atoms with Crippen molar-refractivity contribution in [2.45, 2.75) is 0 Å². The van der Waals surface area contributed by atoms with Gasteiger partial charge in [-0.25, -0.2) is 9.97 Å². The first-order valence-corrected chi connectivity index (χ1v) is 8.47. The number of amides is 1. The van der Waals surface area contributed by atoms with Crippen LogP contribution in [-0.4, -0.2) is 47.0 Å². The predicted octanol–water partition coefficient (Wildman–Crippen LogP) is 1.62. The number of nitriles is 1. The Bertz CT molecular complexity index is 738. The molecule has 2 saturated heterocycles. The van der Waals surface area contributed by atoms with Crippen LogP contribution in [0.15, 0.2) is 29.2 Å². The Kier molecular flexibility index (Phi) is 3.46. The van der Waals surface area contributed by atoms with E-state index in [4.69, 9.17) is 5.26 Å². The molecule has 0 saturated carbocycles. The van der Waals surface area contributed by atoms with Gasteiger partial charge in [0.2, 0.25) is 0 Å². The van der Waals surface area contributed by atoms with E-state index in [1.165, 1.54) is 11.3 Å². The van der Waals surface area contributed by atoms with E-state index in [0.717, 1.165) is 32.0 Å². The van der Waals surface area contributed by atoms with Gasteiger partial charge in [-0.3, -0.25) is 4.79 Å². The average Bonchev–Trinajstić information content (AvgIpc) is 3.29. The monoisotopic (exact) mass is 325 g/mol. The van der Waals surface area contributed by atoms with E-state index < -0.39 is 0 Å². The molecular weight excluding hydrogens is 310 g/mol. The number of fused-ring (bicyclic) bond motifs is 1. The Balaban J connectivity index is 1.41. The number of rotatable bonds is 2. The summed E-state index contributed by atoms with van der Waals surface area (Å²) in [5, 5.41) is 10.6. The van der Waals surface area contributed by atoms with Crippen LogP contribution in [0.25, 0.3) is 0 Å². The van der Waals surface area contributed by atoms with Crippen LogP contribution in [0.2, 0.25) is 0 Å². The van der Waals surface area contributed by atoms with Crippen LogP contribution in [0.3, 0.4) is 0 Å². The van der Waals surface area contributed by atoms with E-state index in [1.807, 2.05) is 16.3 Å². The zero-order valence-electron chi connectivity index (χ0n) is 12.4. The topological polar surface area (TPSA) is 73.1 Å². The number of aromatic nitrogens is 2. The maximum absolute atomic E-state index is 12.4. The lowest BCUT2D eigenvalue weighted by Crippen LogP contribution is -2.33. The quantitative estimate of drug-likeness (QED) is 0.839. The molecule has 0 bridgehead atoms. The van der Waals surface area contributed by atoms with E-state index in [-0.39, 0.29) is 5.91 Å². The van der Waals surface area contributed by atoms with Gasteiger partial charge in [0.25, 0.3) is 5.91 Å². The van der Waals surface area contributed by atoms with Crippen LogP contribution in [0, 0.1) is 23.2 Å². The fourth-order valence-electron chi connectivity index (χ4n) is 3.47. The highest BCUT2D eigenvalue weighted by atomic mass is 32.1. The summed E-state index contributed by atoms with van der Waals surface area (Å²) in [6.45, 7) is 3.39. The maximum Gasteiger partial charge on any atom is 0.273 e. The Morgan fingerprint density at radius 3 is 2.57 bits per heavy atom. The van der Waals surface area contributed by atoms with Gasteiger partial charge in [0.05, 0.1) is 11.1 Å². The number of hydrogen-bond donors (Lipinski definition) is 0. The number of carbonyl (C=O) groups is 1. The predicted molar refractivity (Wildman–Crippen MR) is 86.2 cm³/mol. The lowest BCUT2D eigenvalue weighted by Gasteiger charge is -2.22. The largest absolute Gasteiger partial charge is 0.356 e. The fraction of sp³-hybridized carbons (Fsp3) is 0.375. The van der Waals surface area contributed by atoms with Crippen molar-refractivity contribution in [3.8, 4) is 6.07 Å². The summed E-state index contributed by atoms with van der Waals surface area (Å²) < 4.78 is 0. The number of carbonyl (C=O) groups excluding carboxylic acids is 1. The third-order valence-electron chi connectivity index (χ3n) is 4.63. The van der Waals surface area contributed by atoms with Crippen LogP contribution in [0.4, 0.5) is 5.82 Å². The summed E-state index contributed by atoms with van der Waals surface area (Å²) in [4.78, 5) is 25.0. The fourth-order valence-corrected chi connectivity index (χ4v) is 3.99. The molecule has 2 aromatic heterocycles. The van der Waals surface area contributed by atoms with Crippen LogP contribution >= 0.6 is 11.3 Å². The number of nitrogens with zero attached hydrogens (tertiary/aromatic N) is 5. The summed E-state index contributed by atoms with van der Waals surface area (Å²) in [6.07, 6.45) is 1.61. The zero-order valence-corrected chi connectivity index (χ0v) is 13.2. The highest BCUT2D eigenvalue weighted by Gasteiger charge is 2.42. The molecule has 6 nitrogen and oxygen atoms in total. The van der Waals surface area contributed by atoms with Gasteiger partial charge in [0, 0.05) is 49.6 Å². The molecule has 116 valence electrons. The average molecular weight is 325 g/mol. The van der Waals surface area contributed by atoms with Crippen LogP contribution in [-0.2, 0) is 0 Å². The van der Waals surface area contributed by atoms with Crippen LogP contribution in [0.1, 0.15) is 16.1 Å². The summed E-state index contributed by atoms with van der Waals surface area (Å²) in [7, 11) is 0. The third kappa shape index (κ3) is 2.55. The molecule has 2 aliphatic heterocycles. The van der Waals surface area contributed by atoms with Gasteiger partial charge in [-0.05, 0) is 12.1 Å². The molecule has 0 aromatic carbocycles. The molecule has 4 rings (SSSR count). The van der Waals surface area contributed by atoms with Crippen LogP contribution < -0.4 is 4.90 Å². The van der Waals surface area contributed by atoms with Gasteiger partial charge >= 0.3 is 0 Å². The van der Waals surface area contributed by atoms with E-state index in [9.17, 15) is 4.79 Å². The lowest BCUT2D eigenvalue weighted by atomic mass is 10.0. The molecule has 2 aromatic rings. The van der Waals surface area contributed by atoms with Crippen molar-refractivity contribution in [3.63, 3.8) is 0 Å². The minimum absolute atomic E-state index is 0.0451. The second kappa shape index (κ2) is 5.63. The number of hydrogen-bond acceptors (Lipinski definition) is 6. The first-order chi connectivity index (χ1) is 11.2. The summed E-state index contributed by atoms with van der Waals surface area (Å²) in [6, 6.07) is 5.79. The zero-order chi connectivity index (χ0) is 15.8. The first kappa shape index (κ1) is 14.2. The Labute approximate surface area is 138 Å². The molecule has 0 aliphatic carbocycles. The number of likely N-dealkylation sites (tertiary alicyclic amines) is 1. The minimum atomic E-state index is 0.0451. The normalized spacial score (nSPS) is 22.9.